The van der Waals surface area contributed by atoms with E-state index in [0.29, 0.717) is 46.5 Å². The van der Waals surface area contributed by atoms with E-state index >= 15 is 0 Å². The molecule has 2 aliphatic heterocycles. The van der Waals surface area contributed by atoms with Crippen molar-refractivity contribution in [2.24, 2.45) is 5.92 Å². The summed E-state index contributed by atoms with van der Waals surface area (Å²) in [6.45, 7) is 6.75. The SMILES string of the molecule is CN1CCN(c2cnc(Oc3cc(CN4CCC(CNC(=O)O)CC4)cc(-c4cc(Cl)cc(Cl)c4)n3)cn2)CC1. The number of hydrogen-bond donors (Lipinski definition) is 2. The number of carbonyl (C=O) groups is 1. The van der Waals surface area contributed by atoms with Crippen molar-refractivity contribution in [3.8, 4) is 23.0 Å². The Morgan fingerprint density at radius 1 is 0.975 bits per heavy atom. The molecule has 0 unspecified atom stereocenters. The monoisotopic (exact) mass is 585 g/mol. The van der Waals surface area contributed by atoms with Gasteiger partial charge in [0.2, 0.25) is 11.8 Å². The Labute approximate surface area is 243 Å². The minimum absolute atomic E-state index is 0.347. The topological polar surface area (TPSA) is 107 Å². The molecule has 3 aromatic rings. The average molecular weight is 587 g/mol. The summed E-state index contributed by atoms with van der Waals surface area (Å²) >= 11 is 12.6. The predicted octanol–water partition coefficient (Wildman–Crippen LogP) is 4.87. The van der Waals surface area contributed by atoms with Crippen LogP contribution in [0.3, 0.4) is 0 Å². The van der Waals surface area contributed by atoms with Crippen LogP contribution in [0.2, 0.25) is 10.0 Å². The van der Waals surface area contributed by atoms with Crippen molar-refractivity contribution in [1.82, 2.24) is 30.1 Å². The van der Waals surface area contributed by atoms with Crippen LogP contribution in [-0.4, -0.2) is 88.8 Å². The third-order valence-electron chi connectivity index (χ3n) is 7.33. The van der Waals surface area contributed by atoms with Gasteiger partial charge >= 0.3 is 6.09 Å². The Balaban J connectivity index is 1.32. The third kappa shape index (κ3) is 7.72. The maximum absolute atomic E-state index is 10.8. The average Bonchev–Trinajstić information content (AvgIpc) is 2.93. The number of ether oxygens (including phenoxy) is 1. The number of piperazine rings is 1. The molecule has 2 aliphatic rings. The smallest absolute Gasteiger partial charge is 0.404 e. The second-order valence-corrected chi connectivity index (χ2v) is 11.2. The van der Waals surface area contributed by atoms with Crippen LogP contribution >= 0.6 is 23.2 Å². The number of benzene rings is 1. The number of amides is 1. The fraction of sp³-hybridized carbons (Fsp3) is 0.429. The van der Waals surface area contributed by atoms with E-state index in [9.17, 15) is 4.79 Å². The number of nitrogens with one attached hydrogen (secondary N) is 1. The molecule has 2 fully saturated rings. The molecule has 4 heterocycles. The molecule has 2 saturated heterocycles. The number of nitrogens with zero attached hydrogens (tertiary/aromatic N) is 6. The molecule has 0 radical (unpaired) electrons. The van der Waals surface area contributed by atoms with Gasteiger partial charge < -0.3 is 25.0 Å². The Hall–Kier alpha value is -3.18. The largest absolute Gasteiger partial charge is 0.465 e. The number of rotatable bonds is 8. The lowest BCUT2D eigenvalue weighted by Gasteiger charge is -2.32. The van der Waals surface area contributed by atoms with Crippen LogP contribution in [0.4, 0.5) is 10.6 Å². The molecule has 0 aliphatic carbocycles. The zero-order chi connectivity index (χ0) is 28.1. The maximum Gasteiger partial charge on any atom is 0.404 e. The predicted molar refractivity (Wildman–Crippen MR) is 156 cm³/mol. The van der Waals surface area contributed by atoms with Crippen molar-refractivity contribution in [2.45, 2.75) is 19.4 Å². The number of pyridine rings is 1. The summed E-state index contributed by atoms with van der Waals surface area (Å²) in [5, 5.41) is 12.5. The van der Waals surface area contributed by atoms with E-state index in [2.05, 4.69) is 37.0 Å². The van der Waals surface area contributed by atoms with Gasteiger partial charge in [-0.25, -0.2) is 19.7 Å². The lowest BCUT2D eigenvalue weighted by atomic mass is 9.96. The van der Waals surface area contributed by atoms with Gasteiger partial charge in [-0.05, 0) is 68.7 Å². The quantitative estimate of drug-likeness (QED) is 0.383. The summed E-state index contributed by atoms with van der Waals surface area (Å²) in [4.78, 5) is 31.5. The number of likely N-dealkylation sites (N-methyl/N-ethyl adjacent to an activating group) is 1. The van der Waals surface area contributed by atoms with Crippen molar-refractivity contribution in [2.75, 3.05) is 57.8 Å². The van der Waals surface area contributed by atoms with E-state index in [0.717, 1.165) is 69.1 Å². The zero-order valence-electron chi connectivity index (χ0n) is 22.4. The van der Waals surface area contributed by atoms with Gasteiger partial charge in [-0.3, -0.25) is 4.90 Å². The van der Waals surface area contributed by atoms with Gasteiger partial charge in [0.15, 0.2) is 0 Å². The van der Waals surface area contributed by atoms with Crippen LogP contribution in [0.25, 0.3) is 11.3 Å². The number of likely N-dealkylation sites (tertiary alicyclic amines) is 1. The molecule has 12 heteroatoms. The van der Waals surface area contributed by atoms with Crippen molar-refractivity contribution < 1.29 is 14.6 Å². The lowest BCUT2D eigenvalue weighted by molar-refractivity contribution is 0.166. The molecule has 212 valence electrons. The molecule has 0 spiro atoms. The second-order valence-electron chi connectivity index (χ2n) is 10.4. The molecule has 5 rings (SSSR count). The van der Waals surface area contributed by atoms with E-state index < -0.39 is 6.09 Å². The van der Waals surface area contributed by atoms with Crippen LogP contribution in [0.1, 0.15) is 18.4 Å². The van der Waals surface area contributed by atoms with Crippen LogP contribution < -0.4 is 15.0 Å². The molecule has 1 aromatic carbocycles. The van der Waals surface area contributed by atoms with Crippen LogP contribution in [0, 0.1) is 5.92 Å². The first-order valence-corrected chi connectivity index (χ1v) is 14.2. The highest BCUT2D eigenvalue weighted by Gasteiger charge is 2.21. The van der Waals surface area contributed by atoms with Crippen LogP contribution in [-0.2, 0) is 6.54 Å². The molecule has 2 aromatic heterocycles. The number of piperidine rings is 1. The molecule has 40 heavy (non-hydrogen) atoms. The molecule has 2 N–H and O–H groups in total. The first-order valence-electron chi connectivity index (χ1n) is 13.4. The summed E-state index contributed by atoms with van der Waals surface area (Å²) in [6, 6.07) is 9.29. The Kier molecular flexibility index (Phi) is 9.21. The summed E-state index contributed by atoms with van der Waals surface area (Å²) in [5.74, 6) is 1.95. The zero-order valence-corrected chi connectivity index (χ0v) is 23.9. The first kappa shape index (κ1) is 28.4. The highest BCUT2D eigenvalue weighted by atomic mass is 35.5. The standard InChI is InChI=1S/C28H33Cl2N7O3/c1-35-6-8-37(9-7-35)25-16-32-27(17-31-25)40-26-11-20(10-24(34-26)21-12-22(29)14-23(30)13-21)18-36-4-2-19(3-5-36)15-33-28(38)39/h10-14,16-17,19,33H,2-9,15,18H2,1H3,(H,38,39). The number of anilines is 1. The van der Waals surface area contributed by atoms with Gasteiger partial charge in [-0.2, -0.15) is 0 Å². The van der Waals surface area contributed by atoms with E-state index in [1.165, 1.54) is 0 Å². The van der Waals surface area contributed by atoms with Crippen molar-refractivity contribution in [1.29, 1.82) is 0 Å². The van der Waals surface area contributed by atoms with E-state index in [1.807, 2.05) is 24.3 Å². The first-order chi connectivity index (χ1) is 19.3. The highest BCUT2D eigenvalue weighted by molar-refractivity contribution is 6.35. The summed E-state index contributed by atoms with van der Waals surface area (Å²) < 4.78 is 6.10. The fourth-order valence-corrected chi connectivity index (χ4v) is 5.58. The third-order valence-corrected chi connectivity index (χ3v) is 7.76. The van der Waals surface area contributed by atoms with Gasteiger partial charge in [-0.15, -0.1) is 0 Å². The van der Waals surface area contributed by atoms with Crippen molar-refractivity contribution in [3.05, 3.63) is 58.3 Å². The molecular formula is C28H33Cl2N7O3. The minimum Gasteiger partial charge on any atom is -0.465 e. The summed E-state index contributed by atoms with van der Waals surface area (Å²) in [6.07, 6.45) is 4.26. The summed E-state index contributed by atoms with van der Waals surface area (Å²) in [7, 11) is 2.12. The van der Waals surface area contributed by atoms with Gasteiger partial charge in [-0.1, -0.05) is 23.2 Å². The van der Waals surface area contributed by atoms with Gasteiger partial charge in [0.25, 0.3) is 0 Å². The number of halogens is 2. The van der Waals surface area contributed by atoms with Crippen molar-refractivity contribution >= 4 is 35.1 Å². The highest BCUT2D eigenvalue weighted by Crippen LogP contribution is 2.30. The van der Waals surface area contributed by atoms with Crippen molar-refractivity contribution in [3.63, 3.8) is 0 Å². The number of carboxylic acid groups (broad SMARTS) is 1. The molecular weight excluding hydrogens is 553 g/mol. The van der Waals surface area contributed by atoms with Crippen LogP contribution in [0.15, 0.2) is 42.7 Å². The number of hydrogen-bond acceptors (Lipinski definition) is 8. The van der Waals surface area contributed by atoms with Gasteiger partial charge in [0.05, 0.1) is 18.1 Å². The van der Waals surface area contributed by atoms with E-state index in [4.69, 9.17) is 38.0 Å². The molecule has 0 bridgehead atoms. The van der Waals surface area contributed by atoms with E-state index in [-0.39, 0.29) is 0 Å². The molecule has 0 atom stereocenters. The summed E-state index contributed by atoms with van der Waals surface area (Å²) in [5.41, 5.74) is 2.51. The Morgan fingerprint density at radius 3 is 2.35 bits per heavy atom. The lowest BCUT2D eigenvalue weighted by Crippen LogP contribution is -2.44. The number of aromatic nitrogens is 3. The van der Waals surface area contributed by atoms with Crippen LogP contribution in [0.5, 0.6) is 11.8 Å². The fourth-order valence-electron chi connectivity index (χ4n) is 5.06. The molecule has 10 nitrogen and oxygen atoms in total. The van der Waals surface area contributed by atoms with Gasteiger partial charge in [0, 0.05) is 60.9 Å². The Bertz CT molecular complexity index is 1290. The maximum atomic E-state index is 10.8. The normalized spacial score (nSPS) is 17.1. The molecule has 1 amide bonds. The minimum atomic E-state index is -0.973. The van der Waals surface area contributed by atoms with Gasteiger partial charge in [0.1, 0.15) is 5.82 Å². The Morgan fingerprint density at radius 2 is 1.70 bits per heavy atom. The molecule has 0 saturated carbocycles. The van der Waals surface area contributed by atoms with E-state index in [1.54, 1.807) is 18.5 Å². The second kappa shape index (κ2) is 13.0.